The average molecular weight is 370 g/mol. The molecule has 0 bridgehead atoms. The van der Waals surface area contributed by atoms with Gasteiger partial charge in [0.1, 0.15) is 5.75 Å². The highest BCUT2D eigenvalue weighted by molar-refractivity contribution is 5.80. The molecule has 5 nitrogen and oxygen atoms in total. The lowest BCUT2D eigenvalue weighted by Gasteiger charge is -2.10. The Labute approximate surface area is 152 Å². The predicted octanol–water partition coefficient (Wildman–Crippen LogP) is 4.67. The summed E-state index contributed by atoms with van der Waals surface area (Å²) in [4.78, 5) is 8.59. The molecule has 0 aliphatic carbocycles. The van der Waals surface area contributed by atoms with Gasteiger partial charge in [-0.2, -0.15) is 5.10 Å². The van der Waals surface area contributed by atoms with Crippen molar-refractivity contribution in [2.75, 3.05) is 0 Å². The molecule has 4 rings (SSSR count). The van der Waals surface area contributed by atoms with Gasteiger partial charge < -0.3 is 4.74 Å². The molecule has 0 amide bonds. The monoisotopic (exact) mass is 370 g/mol. The van der Waals surface area contributed by atoms with E-state index in [4.69, 9.17) is 0 Å². The zero-order valence-corrected chi connectivity index (χ0v) is 14.1. The van der Waals surface area contributed by atoms with Crippen LogP contribution in [0.1, 0.15) is 5.56 Å². The van der Waals surface area contributed by atoms with Crippen LogP contribution in [0.3, 0.4) is 0 Å². The quantitative estimate of drug-likeness (QED) is 0.526. The largest absolute Gasteiger partial charge is 0.573 e. The van der Waals surface area contributed by atoms with Crippen LogP contribution in [0.5, 0.6) is 5.75 Å². The maximum Gasteiger partial charge on any atom is 0.573 e. The van der Waals surface area contributed by atoms with Crippen molar-refractivity contribution in [1.82, 2.24) is 19.6 Å². The Morgan fingerprint density at radius 3 is 2.63 bits per heavy atom. The van der Waals surface area contributed by atoms with Gasteiger partial charge in [-0.3, -0.25) is 4.98 Å². The van der Waals surface area contributed by atoms with Gasteiger partial charge in [0.15, 0.2) is 5.65 Å². The van der Waals surface area contributed by atoms with Gasteiger partial charge in [0.2, 0.25) is 0 Å². The highest BCUT2D eigenvalue weighted by Gasteiger charge is 2.31. The number of aromatic nitrogens is 4. The van der Waals surface area contributed by atoms with Crippen molar-refractivity contribution in [3.63, 3.8) is 0 Å². The first-order valence-corrected chi connectivity index (χ1v) is 8.02. The van der Waals surface area contributed by atoms with Crippen molar-refractivity contribution in [1.29, 1.82) is 0 Å². The minimum Gasteiger partial charge on any atom is -0.406 e. The first-order valence-electron chi connectivity index (χ1n) is 8.02. The summed E-state index contributed by atoms with van der Waals surface area (Å²) in [7, 11) is 0. The molecule has 4 aromatic rings. The molecule has 27 heavy (non-hydrogen) atoms. The third-order valence-corrected chi connectivity index (χ3v) is 4.09. The second kappa shape index (κ2) is 6.39. The summed E-state index contributed by atoms with van der Waals surface area (Å²) in [5.41, 5.74) is 4.44. The van der Waals surface area contributed by atoms with Gasteiger partial charge in [-0.05, 0) is 36.8 Å². The third-order valence-electron chi connectivity index (χ3n) is 4.09. The summed E-state index contributed by atoms with van der Waals surface area (Å²) in [5.74, 6) is -0.297. The normalized spacial score (nSPS) is 11.7. The van der Waals surface area contributed by atoms with Crippen LogP contribution in [-0.4, -0.2) is 25.9 Å². The standard InChI is InChI=1S/C19H13F3N4O/c1-12-5-7-23-10-16(12)15-6-8-25-26-17(11-24-18(15)26)13-3-2-4-14(9-13)27-19(20,21)22/h2-11H,1H3. The number of imidazole rings is 1. The van der Waals surface area contributed by atoms with Crippen molar-refractivity contribution in [3.05, 3.63) is 66.7 Å². The number of rotatable bonds is 3. The fraction of sp³-hybridized carbons (Fsp3) is 0.105. The predicted molar refractivity (Wildman–Crippen MR) is 93.1 cm³/mol. The summed E-state index contributed by atoms with van der Waals surface area (Å²) < 4.78 is 43.1. The second-order valence-electron chi connectivity index (χ2n) is 5.89. The number of alkyl halides is 3. The molecule has 3 aromatic heterocycles. The summed E-state index contributed by atoms with van der Waals surface area (Å²) in [5, 5.41) is 4.31. The Hall–Kier alpha value is -3.42. The number of aryl methyl sites for hydroxylation is 1. The van der Waals surface area contributed by atoms with E-state index < -0.39 is 6.36 Å². The summed E-state index contributed by atoms with van der Waals surface area (Å²) >= 11 is 0. The van der Waals surface area contributed by atoms with Crippen LogP contribution in [-0.2, 0) is 0 Å². The van der Waals surface area contributed by atoms with E-state index in [1.54, 1.807) is 35.4 Å². The number of ether oxygens (including phenoxy) is 1. The van der Waals surface area contributed by atoms with E-state index >= 15 is 0 Å². The van der Waals surface area contributed by atoms with E-state index in [0.29, 0.717) is 16.9 Å². The number of hydrogen-bond acceptors (Lipinski definition) is 4. The molecule has 0 aliphatic heterocycles. The smallest absolute Gasteiger partial charge is 0.406 e. The fourth-order valence-corrected chi connectivity index (χ4v) is 2.90. The molecular formula is C19H13F3N4O. The Morgan fingerprint density at radius 1 is 1.00 bits per heavy atom. The molecule has 1 aromatic carbocycles. The van der Waals surface area contributed by atoms with E-state index in [0.717, 1.165) is 16.7 Å². The van der Waals surface area contributed by atoms with Crippen LogP contribution in [0.2, 0.25) is 0 Å². The van der Waals surface area contributed by atoms with E-state index in [2.05, 4.69) is 19.8 Å². The number of nitrogens with zero attached hydrogens (tertiary/aromatic N) is 4. The zero-order valence-electron chi connectivity index (χ0n) is 14.1. The highest BCUT2D eigenvalue weighted by Crippen LogP contribution is 2.31. The first-order chi connectivity index (χ1) is 12.9. The fourth-order valence-electron chi connectivity index (χ4n) is 2.90. The molecule has 0 N–H and O–H groups in total. The van der Waals surface area contributed by atoms with Crippen LogP contribution in [0.15, 0.2) is 61.2 Å². The van der Waals surface area contributed by atoms with Crippen LogP contribution in [0, 0.1) is 6.92 Å². The molecule has 0 fully saturated rings. The van der Waals surface area contributed by atoms with Gasteiger partial charge in [-0.25, -0.2) is 9.50 Å². The minimum atomic E-state index is -4.75. The van der Waals surface area contributed by atoms with Gasteiger partial charge in [0.05, 0.1) is 11.9 Å². The molecule has 136 valence electrons. The lowest BCUT2D eigenvalue weighted by Crippen LogP contribution is -2.17. The number of fused-ring (bicyclic) bond motifs is 1. The molecule has 0 saturated carbocycles. The first kappa shape index (κ1) is 17.0. The summed E-state index contributed by atoms with van der Waals surface area (Å²) in [6.07, 6.45) is 1.90. The second-order valence-corrected chi connectivity index (χ2v) is 5.89. The third kappa shape index (κ3) is 3.33. The molecule has 0 radical (unpaired) electrons. The average Bonchev–Trinajstić information content (AvgIpc) is 3.05. The van der Waals surface area contributed by atoms with Crippen molar-refractivity contribution >= 4 is 5.65 Å². The summed E-state index contributed by atoms with van der Waals surface area (Å²) in [6, 6.07) is 9.45. The Kier molecular flexibility index (Phi) is 4.02. The Balaban J connectivity index is 1.83. The van der Waals surface area contributed by atoms with Crippen LogP contribution in [0.25, 0.3) is 28.0 Å². The number of hydrogen-bond donors (Lipinski definition) is 0. The maximum atomic E-state index is 12.5. The molecule has 0 spiro atoms. The molecule has 0 aliphatic rings. The van der Waals surface area contributed by atoms with Crippen molar-refractivity contribution in [2.24, 2.45) is 0 Å². The van der Waals surface area contributed by atoms with E-state index in [9.17, 15) is 13.2 Å². The van der Waals surface area contributed by atoms with Gasteiger partial charge >= 0.3 is 6.36 Å². The maximum absolute atomic E-state index is 12.5. The Morgan fingerprint density at radius 2 is 1.85 bits per heavy atom. The van der Waals surface area contributed by atoms with E-state index in [1.807, 2.05) is 19.1 Å². The van der Waals surface area contributed by atoms with Crippen LogP contribution < -0.4 is 4.74 Å². The number of halogens is 3. The summed E-state index contributed by atoms with van der Waals surface area (Å²) in [6.45, 7) is 1.97. The molecule has 0 unspecified atom stereocenters. The highest BCUT2D eigenvalue weighted by atomic mass is 19.4. The van der Waals surface area contributed by atoms with E-state index in [1.165, 1.54) is 18.2 Å². The number of benzene rings is 1. The zero-order chi connectivity index (χ0) is 19.0. The van der Waals surface area contributed by atoms with Crippen molar-refractivity contribution in [2.45, 2.75) is 13.3 Å². The minimum absolute atomic E-state index is 0.297. The van der Waals surface area contributed by atoms with Gasteiger partial charge in [0.25, 0.3) is 0 Å². The Bertz CT molecular complexity index is 1120. The van der Waals surface area contributed by atoms with Crippen molar-refractivity contribution in [3.8, 4) is 28.1 Å². The SMILES string of the molecule is Cc1ccncc1-c1ccnn2c(-c3cccc(OC(F)(F)F)c3)cnc12. The van der Waals surface area contributed by atoms with Gasteiger partial charge in [-0.15, -0.1) is 13.2 Å². The molecule has 3 heterocycles. The lowest BCUT2D eigenvalue weighted by atomic mass is 10.1. The van der Waals surface area contributed by atoms with Crippen molar-refractivity contribution < 1.29 is 17.9 Å². The molecule has 8 heteroatoms. The number of pyridine rings is 1. The van der Waals surface area contributed by atoms with Gasteiger partial charge in [-0.1, -0.05) is 12.1 Å². The van der Waals surface area contributed by atoms with Crippen LogP contribution >= 0.6 is 0 Å². The molecular weight excluding hydrogens is 357 g/mol. The van der Waals surface area contributed by atoms with E-state index in [-0.39, 0.29) is 5.75 Å². The van der Waals surface area contributed by atoms with Crippen LogP contribution in [0.4, 0.5) is 13.2 Å². The topological polar surface area (TPSA) is 52.3 Å². The lowest BCUT2D eigenvalue weighted by molar-refractivity contribution is -0.274. The molecule has 0 atom stereocenters. The molecule has 0 saturated heterocycles. The van der Waals surface area contributed by atoms with Gasteiger partial charge in [0, 0.05) is 35.3 Å².